The van der Waals surface area contributed by atoms with E-state index in [4.69, 9.17) is 10.5 Å². The zero-order valence-corrected chi connectivity index (χ0v) is 11.2. The van der Waals surface area contributed by atoms with Crippen molar-refractivity contribution in [2.24, 2.45) is 0 Å². The van der Waals surface area contributed by atoms with Crippen LogP contribution in [0.2, 0.25) is 0 Å². The number of hydrogen-bond acceptors (Lipinski definition) is 5. The van der Waals surface area contributed by atoms with Crippen LogP contribution in [0, 0.1) is 0 Å². The molecule has 0 fully saturated rings. The maximum atomic E-state index is 5.90. The first-order chi connectivity index (χ1) is 9.26. The first-order valence-corrected chi connectivity index (χ1v) is 6.64. The first-order valence-electron chi connectivity index (χ1n) is 5.82. The molecule has 0 saturated carbocycles. The SMILES string of the molecule is COc1ccc(Nc2nc3c(N)cccc3s2)cc1. The summed E-state index contributed by atoms with van der Waals surface area (Å²) in [6.45, 7) is 0. The zero-order chi connectivity index (χ0) is 13.2. The van der Waals surface area contributed by atoms with E-state index in [0.29, 0.717) is 5.69 Å². The Balaban J connectivity index is 1.90. The van der Waals surface area contributed by atoms with Crippen LogP contribution in [-0.2, 0) is 0 Å². The molecule has 0 unspecified atom stereocenters. The van der Waals surface area contributed by atoms with Crippen LogP contribution < -0.4 is 15.8 Å². The Labute approximate surface area is 114 Å². The molecule has 4 nitrogen and oxygen atoms in total. The summed E-state index contributed by atoms with van der Waals surface area (Å²) in [6.07, 6.45) is 0. The van der Waals surface area contributed by atoms with Crippen molar-refractivity contribution in [1.82, 2.24) is 4.98 Å². The molecule has 0 aliphatic heterocycles. The molecule has 3 N–H and O–H groups in total. The normalized spacial score (nSPS) is 10.6. The van der Waals surface area contributed by atoms with Crippen molar-refractivity contribution in [2.75, 3.05) is 18.2 Å². The summed E-state index contributed by atoms with van der Waals surface area (Å²) in [5.41, 5.74) is 8.43. The highest BCUT2D eigenvalue weighted by Gasteiger charge is 2.06. The van der Waals surface area contributed by atoms with Crippen molar-refractivity contribution in [3.8, 4) is 5.75 Å². The van der Waals surface area contributed by atoms with E-state index in [2.05, 4.69) is 10.3 Å². The fourth-order valence-electron chi connectivity index (χ4n) is 1.82. The van der Waals surface area contributed by atoms with Crippen LogP contribution in [0.3, 0.4) is 0 Å². The molecule has 96 valence electrons. The van der Waals surface area contributed by atoms with Gasteiger partial charge in [-0.05, 0) is 36.4 Å². The molecule has 3 aromatic rings. The number of methoxy groups -OCH3 is 1. The molecule has 3 rings (SSSR count). The molecule has 0 saturated heterocycles. The van der Waals surface area contributed by atoms with Gasteiger partial charge in [-0.2, -0.15) is 0 Å². The van der Waals surface area contributed by atoms with E-state index in [1.165, 1.54) is 0 Å². The van der Waals surface area contributed by atoms with Crippen LogP contribution in [-0.4, -0.2) is 12.1 Å². The average Bonchev–Trinajstić information content (AvgIpc) is 2.84. The second kappa shape index (κ2) is 4.78. The molecule has 0 radical (unpaired) electrons. The third-order valence-electron chi connectivity index (χ3n) is 2.79. The van der Waals surface area contributed by atoms with Gasteiger partial charge in [-0.3, -0.25) is 0 Å². The first kappa shape index (κ1) is 11.8. The molecule has 0 bridgehead atoms. The Hall–Kier alpha value is -2.27. The van der Waals surface area contributed by atoms with Gasteiger partial charge in [0.05, 0.1) is 17.5 Å². The van der Waals surface area contributed by atoms with Gasteiger partial charge in [0, 0.05) is 5.69 Å². The van der Waals surface area contributed by atoms with Crippen molar-refractivity contribution in [3.05, 3.63) is 42.5 Å². The van der Waals surface area contributed by atoms with Crippen molar-refractivity contribution in [1.29, 1.82) is 0 Å². The number of anilines is 3. The minimum Gasteiger partial charge on any atom is -0.497 e. The number of nitrogens with zero attached hydrogens (tertiary/aromatic N) is 1. The summed E-state index contributed by atoms with van der Waals surface area (Å²) in [6, 6.07) is 13.5. The molecule has 0 atom stereocenters. The van der Waals surface area contributed by atoms with Crippen molar-refractivity contribution in [2.45, 2.75) is 0 Å². The molecule has 5 heteroatoms. The third-order valence-corrected chi connectivity index (χ3v) is 3.73. The fraction of sp³-hybridized carbons (Fsp3) is 0.0714. The number of fused-ring (bicyclic) bond motifs is 1. The number of para-hydroxylation sites is 1. The van der Waals surface area contributed by atoms with Crippen molar-refractivity contribution < 1.29 is 4.74 Å². The number of nitrogens with two attached hydrogens (primary N) is 1. The van der Waals surface area contributed by atoms with E-state index < -0.39 is 0 Å². The standard InChI is InChI=1S/C14H13N3OS/c1-18-10-7-5-9(6-8-10)16-14-17-13-11(15)3-2-4-12(13)19-14/h2-8H,15H2,1H3,(H,16,17). The second-order valence-electron chi connectivity index (χ2n) is 4.07. The molecule has 2 aromatic carbocycles. The lowest BCUT2D eigenvalue weighted by molar-refractivity contribution is 0.415. The van der Waals surface area contributed by atoms with Gasteiger partial charge < -0.3 is 15.8 Å². The summed E-state index contributed by atoms with van der Waals surface area (Å²) in [4.78, 5) is 4.50. The molecule has 0 amide bonds. The lowest BCUT2D eigenvalue weighted by Gasteiger charge is -2.03. The second-order valence-corrected chi connectivity index (χ2v) is 5.10. The minimum absolute atomic E-state index is 0.705. The summed E-state index contributed by atoms with van der Waals surface area (Å²) < 4.78 is 6.21. The van der Waals surface area contributed by atoms with Gasteiger partial charge in [-0.25, -0.2) is 4.98 Å². The highest BCUT2D eigenvalue weighted by atomic mass is 32.1. The molecule has 1 aromatic heterocycles. The molecular formula is C14H13N3OS. The van der Waals surface area contributed by atoms with Gasteiger partial charge in [-0.1, -0.05) is 17.4 Å². The lowest BCUT2D eigenvalue weighted by Crippen LogP contribution is -1.90. The molecule has 19 heavy (non-hydrogen) atoms. The lowest BCUT2D eigenvalue weighted by atomic mass is 10.3. The van der Waals surface area contributed by atoms with Crippen molar-refractivity contribution in [3.63, 3.8) is 0 Å². The largest absolute Gasteiger partial charge is 0.497 e. The van der Waals surface area contributed by atoms with E-state index in [-0.39, 0.29) is 0 Å². The van der Waals surface area contributed by atoms with E-state index in [1.54, 1.807) is 18.4 Å². The van der Waals surface area contributed by atoms with E-state index in [0.717, 1.165) is 26.8 Å². The number of benzene rings is 2. The van der Waals surface area contributed by atoms with Gasteiger partial charge in [0.2, 0.25) is 0 Å². The van der Waals surface area contributed by atoms with E-state index in [1.807, 2.05) is 42.5 Å². The Morgan fingerprint density at radius 1 is 1.16 bits per heavy atom. The van der Waals surface area contributed by atoms with Crippen LogP contribution in [0.25, 0.3) is 10.2 Å². The highest BCUT2D eigenvalue weighted by molar-refractivity contribution is 7.22. The van der Waals surface area contributed by atoms with Gasteiger partial charge in [0.1, 0.15) is 11.3 Å². The predicted molar refractivity (Wildman–Crippen MR) is 80.3 cm³/mol. The number of nitrogens with one attached hydrogen (secondary N) is 1. The van der Waals surface area contributed by atoms with E-state index >= 15 is 0 Å². The zero-order valence-electron chi connectivity index (χ0n) is 10.4. The Kier molecular flexibility index (Phi) is 2.97. The molecule has 1 heterocycles. The maximum Gasteiger partial charge on any atom is 0.188 e. The highest BCUT2D eigenvalue weighted by Crippen LogP contribution is 2.31. The van der Waals surface area contributed by atoms with Crippen LogP contribution >= 0.6 is 11.3 Å². The monoisotopic (exact) mass is 271 g/mol. The quantitative estimate of drug-likeness (QED) is 0.714. The predicted octanol–water partition coefficient (Wildman–Crippen LogP) is 3.63. The number of rotatable bonds is 3. The van der Waals surface area contributed by atoms with Crippen LogP contribution in [0.5, 0.6) is 5.75 Å². The third kappa shape index (κ3) is 2.32. The van der Waals surface area contributed by atoms with Gasteiger partial charge >= 0.3 is 0 Å². The number of ether oxygens (including phenoxy) is 1. The van der Waals surface area contributed by atoms with Crippen LogP contribution in [0.1, 0.15) is 0 Å². The average molecular weight is 271 g/mol. The summed E-state index contributed by atoms with van der Waals surface area (Å²) in [5, 5.41) is 4.10. The van der Waals surface area contributed by atoms with Crippen LogP contribution in [0.4, 0.5) is 16.5 Å². The van der Waals surface area contributed by atoms with Gasteiger partial charge in [0.15, 0.2) is 5.13 Å². The Morgan fingerprint density at radius 3 is 2.63 bits per heavy atom. The topological polar surface area (TPSA) is 60.2 Å². The molecule has 0 aliphatic rings. The minimum atomic E-state index is 0.705. The van der Waals surface area contributed by atoms with Gasteiger partial charge in [0.25, 0.3) is 0 Å². The number of thiazole rings is 1. The molecule has 0 spiro atoms. The Morgan fingerprint density at radius 2 is 1.95 bits per heavy atom. The maximum absolute atomic E-state index is 5.90. The number of nitrogen functional groups attached to an aromatic ring is 1. The van der Waals surface area contributed by atoms with Crippen molar-refractivity contribution >= 4 is 38.1 Å². The molecule has 0 aliphatic carbocycles. The summed E-state index contributed by atoms with van der Waals surface area (Å²) >= 11 is 1.58. The van der Waals surface area contributed by atoms with Gasteiger partial charge in [-0.15, -0.1) is 0 Å². The molecular weight excluding hydrogens is 258 g/mol. The summed E-state index contributed by atoms with van der Waals surface area (Å²) in [7, 11) is 1.65. The summed E-state index contributed by atoms with van der Waals surface area (Å²) in [5.74, 6) is 0.832. The Bertz CT molecular complexity index is 706. The van der Waals surface area contributed by atoms with Crippen LogP contribution in [0.15, 0.2) is 42.5 Å². The fourth-order valence-corrected chi connectivity index (χ4v) is 2.74. The number of aromatic nitrogens is 1. The smallest absolute Gasteiger partial charge is 0.188 e. The number of hydrogen-bond donors (Lipinski definition) is 2. The van der Waals surface area contributed by atoms with E-state index in [9.17, 15) is 0 Å².